The minimum Gasteiger partial charge on any atom is -0.504 e. The lowest BCUT2D eigenvalue weighted by Crippen LogP contribution is -2.36. The van der Waals surface area contributed by atoms with Crippen molar-refractivity contribution in [2.45, 2.75) is 109 Å². The van der Waals surface area contributed by atoms with Crippen LogP contribution in [0.25, 0.3) is 0 Å². The number of hydrogen-bond donors (Lipinski definition) is 5. The maximum absolute atomic E-state index is 10.7. The summed E-state index contributed by atoms with van der Waals surface area (Å²) >= 11 is 0. The van der Waals surface area contributed by atoms with Gasteiger partial charge in [0.25, 0.3) is 0 Å². The van der Waals surface area contributed by atoms with E-state index in [1.165, 1.54) is 17.7 Å². The quantitative estimate of drug-likeness (QED) is 0.139. The summed E-state index contributed by atoms with van der Waals surface area (Å²) in [7, 11) is 0. The van der Waals surface area contributed by atoms with Crippen LogP contribution in [0.1, 0.15) is 106 Å². The molecule has 0 amide bonds. The van der Waals surface area contributed by atoms with Gasteiger partial charge in [-0.1, -0.05) is 45.6 Å². The second kappa shape index (κ2) is 14.9. The molecule has 1 aromatic carbocycles. The van der Waals surface area contributed by atoms with Gasteiger partial charge < -0.3 is 34.8 Å². The van der Waals surface area contributed by atoms with E-state index in [9.17, 15) is 15.3 Å². The average Bonchev–Trinajstić information content (AvgIpc) is 3.63. The molecule has 0 bridgehead atoms. The third-order valence-electron chi connectivity index (χ3n) is 8.61. The van der Waals surface area contributed by atoms with E-state index in [1.807, 2.05) is 18.2 Å². The SMILES string of the molecule is CCCCc1oc(CCc2ccc(O)c(OCC3(c4cc([C@H](C)CNC[C@H](C)O)c[nH]4)CCCCC3)c2)cc1CO. The van der Waals surface area contributed by atoms with Crippen LogP contribution in [0.15, 0.2) is 40.9 Å². The molecule has 3 aromatic rings. The average molecular weight is 567 g/mol. The maximum Gasteiger partial charge on any atom is 0.161 e. The Morgan fingerprint density at radius 1 is 1.05 bits per heavy atom. The Morgan fingerprint density at radius 3 is 2.59 bits per heavy atom. The topological polar surface area (TPSA) is 111 Å². The summed E-state index contributed by atoms with van der Waals surface area (Å²) in [6.45, 7) is 8.07. The summed E-state index contributed by atoms with van der Waals surface area (Å²) < 4.78 is 12.5. The highest BCUT2D eigenvalue weighted by molar-refractivity contribution is 5.42. The largest absolute Gasteiger partial charge is 0.504 e. The molecule has 0 saturated heterocycles. The molecule has 0 radical (unpaired) electrons. The Kier molecular flexibility index (Phi) is 11.4. The first-order chi connectivity index (χ1) is 19.8. The van der Waals surface area contributed by atoms with Crippen LogP contribution in [0.3, 0.4) is 0 Å². The fourth-order valence-electron chi connectivity index (χ4n) is 6.00. The van der Waals surface area contributed by atoms with Crippen molar-refractivity contribution in [2.24, 2.45) is 0 Å². The number of nitrogens with one attached hydrogen (secondary N) is 2. The van der Waals surface area contributed by atoms with E-state index in [0.29, 0.717) is 24.8 Å². The summed E-state index contributed by atoms with van der Waals surface area (Å²) in [6.07, 6.45) is 11.9. The molecule has 2 atom stereocenters. The predicted octanol–water partition coefficient (Wildman–Crippen LogP) is 6.29. The zero-order valence-electron chi connectivity index (χ0n) is 25.2. The van der Waals surface area contributed by atoms with Gasteiger partial charge in [0, 0.05) is 48.8 Å². The Labute approximate surface area is 245 Å². The fourth-order valence-corrected chi connectivity index (χ4v) is 6.00. The van der Waals surface area contributed by atoms with Crippen LogP contribution in [0.2, 0.25) is 0 Å². The molecule has 1 saturated carbocycles. The zero-order chi connectivity index (χ0) is 29.2. The van der Waals surface area contributed by atoms with Crippen LogP contribution in [-0.2, 0) is 31.3 Å². The molecule has 2 aromatic heterocycles. The fraction of sp³-hybridized carbons (Fsp3) is 0.588. The van der Waals surface area contributed by atoms with Crippen molar-refractivity contribution in [2.75, 3.05) is 19.7 Å². The number of aliphatic hydroxyl groups is 2. The van der Waals surface area contributed by atoms with Crippen LogP contribution >= 0.6 is 0 Å². The van der Waals surface area contributed by atoms with Gasteiger partial charge in [-0.2, -0.15) is 0 Å². The van der Waals surface area contributed by atoms with E-state index >= 15 is 0 Å². The Balaban J connectivity index is 1.42. The van der Waals surface area contributed by atoms with E-state index in [2.05, 4.69) is 36.4 Å². The summed E-state index contributed by atoms with van der Waals surface area (Å²) in [5, 5.41) is 33.3. The lowest BCUT2D eigenvalue weighted by Gasteiger charge is -2.36. The van der Waals surface area contributed by atoms with Crippen LogP contribution < -0.4 is 10.1 Å². The van der Waals surface area contributed by atoms with Crippen LogP contribution in [0.4, 0.5) is 0 Å². The number of phenols is 1. The van der Waals surface area contributed by atoms with Gasteiger partial charge in [0.05, 0.1) is 19.3 Å². The molecule has 5 N–H and O–H groups in total. The van der Waals surface area contributed by atoms with Crippen molar-refractivity contribution < 1.29 is 24.5 Å². The van der Waals surface area contributed by atoms with E-state index in [0.717, 1.165) is 87.0 Å². The minimum atomic E-state index is -0.353. The molecule has 0 aliphatic heterocycles. The highest BCUT2D eigenvalue weighted by Gasteiger charge is 2.36. The number of ether oxygens (including phenoxy) is 1. The van der Waals surface area contributed by atoms with Crippen molar-refractivity contribution >= 4 is 0 Å². The van der Waals surface area contributed by atoms with Crippen molar-refractivity contribution in [1.82, 2.24) is 10.3 Å². The molecule has 1 aliphatic carbocycles. The number of aromatic nitrogens is 1. The highest BCUT2D eigenvalue weighted by atomic mass is 16.5. The molecule has 0 spiro atoms. The van der Waals surface area contributed by atoms with Crippen molar-refractivity contribution in [3.63, 3.8) is 0 Å². The molecule has 1 fully saturated rings. The molecule has 0 unspecified atom stereocenters. The van der Waals surface area contributed by atoms with Gasteiger partial charge in [0.1, 0.15) is 11.5 Å². The maximum atomic E-state index is 10.7. The Morgan fingerprint density at radius 2 is 1.85 bits per heavy atom. The minimum absolute atomic E-state index is 0.00257. The lowest BCUT2D eigenvalue weighted by molar-refractivity contribution is 0.162. The number of aromatic hydroxyl groups is 1. The van der Waals surface area contributed by atoms with E-state index in [4.69, 9.17) is 9.15 Å². The first kappa shape index (κ1) is 31.2. The van der Waals surface area contributed by atoms with E-state index in [1.54, 1.807) is 13.0 Å². The molecule has 226 valence electrons. The molecule has 4 rings (SSSR count). The number of aryl methyl sites for hydroxylation is 3. The molecule has 1 aliphatic rings. The van der Waals surface area contributed by atoms with Crippen molar-refractivity contribution in [1.29, 1.82) is 0 Å². The molecule has 41 heavy (non-hydrogen) atoms. The normalized spacial score (nSPS) is 16.5. The number of benzene rings is 1. The third-order valence-corrected chi connectivity index (χ3v) is 8.61. The number of aromatic amines is 1. The van der Waals surface area contributed by atoms with Gasteiger partial charge in [0.2, 0.25) is 0 Å². The number of aliphatic hydroxyl groups excluding tert-OH is 2. The second-order valence-corrected chi connectivity index (χ2v) is 12.1. The van der Waals surface area contributed by atoms with E-state index < -0.39 is 0 Å². The summed E-state index contributed by atoms with van der Waals surface area (Å²) in [4.78, 5) is 3.57. The van der Waals surface area contributed by atoms with E-state index in [-0.39, 0.29) is 23.9 Å². The third kappa shape index (κ3) is 8.40. The molecular weight excluding hydrogens is 516 g/mol. The van der Waals surface area contributed by atoms with Crippen molar-refractivity contribution in [3.05, 3.63) is 70.4 Å². The number of unbranched alkanes of at least 4 members (excludes halogenated alkanes) is 1. The predicted molar refractivity (Wildman–Crippen MR) is 163 cm³/mol. The number of phenolic OH excluding ortho intramolecular Hbond substituents is 1. The highest BCUT2D eigenvalue weighted by Crippen LogP contribution is 2.41. The van der Waals surface area contributed by atoms with Crippen LogP contribution in [0, 0.1) is 0 Å². The number of rotatable bonds is 16. The second-order valence-electron chi connectivity index (χ2n) is 12.1. The first-order valence-corrected chi connectivity index (χ1v) is 15.6. The van der Waals surface area contributed by atoms with Gasteiger partial charge in [-0.15, -0.1) is 0 Å². The van der Waals surface area contributed by atoms with Crippen LogP contribution in [0.5, 0.6) is 11.5 Å². The van der Waals surface area contributed by atoms with Crippen molar-refractivity contribution in [3.8, 4) is 11.5 Å². The first-order valence-electron chi connectivity index (χ1n) is 15.6. The Bertz CT molecular complexity index is 1210. The van der Waals surface area contributed by atoms with Gasteiger partial charge in [-0.25, -0.2) is 0 Å². The van der Waals surface area contributed by atoms with Gasteiger partial charge in [-0.05, 0) is 73.9 Å². The van der Waals surface area contributed by atoms with Gasteiger partial charge in [-0.3, -0.25) is 0 Å². The van der Waals surface area contributed by atoms with Crippen LogP contribution in [-0.4, -0.2) is 46.1 Å². The lowest BCUT2D eigenvalue weighted by atomic mass is 9.72. The summed E-state index contributed by atoms with van der Waals surface area (Å²) in [6, 6.07) is 9.89. The molecule has 2 heterocycles. The summed E-state index contributed by atoms with van der Waals surface area (Å²) in [5.41, 5.74) is 4.32. The molecule has 7 heteroatoms. The number of H-pyrrole nitrogens is 1. The van der Waals surface area contributed by atoms with Gasteiger partial charge in [0.15, 0.2) is 11.5 Å². The monoisotopic (exact) mass is 566 g/mol. The molecular formula is C34H50N2O5. The van der Waals surface area contributed by atoms with Gasteiger partial charge >= 0.3 is 0 Å². The number of hydrogen-bond acceptors (Lipinski definition) is 6. The Hall–Kier alpha value is -2.74. The number of furan rings is 1. The smallest absolute Gasteiger partial charge is 0.161 e. The standard InChI is InChI=1S/C34H50N2O5/c1-4-5-9-31-28(22-37)17-29(41-31)12-10-26-11-13-30(39)32(16-26)40-23-34(14-7-6-8-15-34)33-18-27(21-36-33)24(2)19-35-20-25(3)38/h11,13,16-18,21,24-25,35-39H,4-10,12,14-15,19-20,22-23H2,1-3H3/t24-,25+/m1/s1. The molecule has 7 nitrogen and oxygen atoms in total. The zero-order valence-corrected chi connectivity index (χ0v) is 25.2. The summed E-state index contributed by atoms with van der Waals surface area (Å²) in [5.74, 6) is 2.79.